The first-order valence-corrected chi connectivity index (χ1v) is 13.3. The maximum absolute atomic E-state index is 13.3. The van der Waals surface area contributed by atoms with E-state index in [9.17, 15) is 9.18 Å². The van der Waals surface area contributed by atoms with Crippen molar-refractivity contribution < 1.29 is 9.18 Å². The van der Waals surface area contributed by atoms with Crippen molar-refractivity contribution in [3.8, 4) is 0 Å². The van der Waals surface area contributed by atoms with Gasteiger partial charge in [-0.15, -0.1) is 5.11 Å². The zero-order valence-corrected chi connectivity index (χ0v) is 21.6. The summed E-state index contributed by atoms with van der Waals surface area (Å²) in [6.45, 7) is 4.87. The Morgan fingerprint density at radius 2 is 1.92 bits per heavy atom. The van der Waals surface area contributed by atoms with Crippen LogP contribution in [0.4, 0.5) is 20.6 Å². The van der Waals surface area contributed by atoms with Gasteiger partial charge in [-0.25, -0.2) is 14.2 Å². The van der Waals surface area contributed by atoms with Crippen molar-refractivity contribution in [3.05, 3.63) is 59.9 Å². The van der Waals surface area contributed by atoms with Gasteiger partial charge in [0.2, 0.25) is 0 Å². The van der Waals surface area contributed by atoms with Gasteiger partial charge in [-0.2, -0.15) is 0 Å². The minimum absolute atomic E-state index is 0.152. The minimum atomic E-state index is -0.191. The van der Waals surface area contributed by atoms with Gasteiger partial charge in [0.05, 0.1) is 5.69 Å². The van der Waals surface area contributed by atoms with Crippen LogP contribution in [0.2, 0.25) is 0 Å². The number of carbonyl (C=O) groups excluding carboxylic acids is 1. The summed E-state index contributed by atoms with van der Waals surface area (Å²) in [6, 6.07) is 14.2. The summed E-state index contributed by atoms with van der Waals surface area (Å²) in [5.74, 6) is 6.35. The number of urea groups is 1. The smallest absolute Gasteiger partial charge is 0.319 e. The molecule has 2 fully saturated rings. The van der Waals surface area contributed by atoms with E-state index in [1.165, 1.54) is 24.8 Å². The molecule has 0 bridgehead atoms. The largest absolute Gasteiger partial charge is 0.335 e. The molecule has 2 aromatic carbocycles. The van der Waals surface area contributed by atoms with Crippen LogP contribution in [-0.2, 0) is 6.42 Å². The van der Waals surface area contributed by atoms with Gasteiger partial charge in [0.15, 0.2) is 0 Å². The molecular weight excluding hydrogens is 469 g/mol. The number of amides is 2. The molecule has 0 aromatic heterocycles. The normalized spacial score (nSPS) is 23.2. The zero-order chi connectivity index (χ0) is 26.0. The topological polar surface area (TPSA) is 107 Å². The molecule has 198 valence electrons. The fourth-order valence-electron chi connectivity index (χ4n) is 5.67. The third-order valence-corrected chi connectivity index (χ3v) is 7.36. The molecular formula is C28H38FN7O. The number of likely N-dealkylation sites (tertiary alicyclic amines) is 1. The first kappa shape index (κ1) is 26.7. The summed E-state index contributed by atoms with van der Waals surface area (Å²) in [5.41, 5.74) is 2.54. The number of amidine groups is 1. The number of anilines is 1. The molecule has 1 aliphatic heterocycles. The van der Waals surface area contributed by atoms with Crippen LogP contribution in [0.25, 0.3) is 0 Å². The zero-order valence-electron chi connectivity index (χ0n) is 21.6. The highest BCUT2D eigenvalue weighted by Gasteiger charge is 2.30. The van der Waals surface area contributed by atoms with Crippen molar-refractivity contribution in [2.45, 2.75) is 57.9 Å². The number of carbonyl (C=O) groups is 1. The number of nitrogens with one attached hydrogen (secondary N) is 2. The molecule has 1 saturated heterocycles. The Labute approximate surface area is 218 Å². The van der Waals surface area contributed by atoms with E-state index in [1.54, 1.807) is 25.1 Å². The lowest BCUT2D eigenvalue weighted by molar-refractivity contribution is 0.123. The van der Waals surface area contributed by atoms with E-state index in [2.05, 4.69) is 30.9 Å². The first-order valence-electron chi connectivity index (χ1n) is 13.3. The van der Waals surface area contributed by atoms with E-state index in [0.717, 1.165) is 45.3 Å². The third-order valence-electron chi connectivity index (χ3n) is 7.36. The fraction of sp³-hybridized carbons (Fsp3) is 0.500. The number of aliphatic imine (C=N–C) groups is 1. The van der Waals surface area contributed by atoms with Crippen molar-refractivity contribution in [3.63, 3.8) is 0 Å². The second-order valence-electron chi connectivity index (χ2n) is 10.3. The number of piperidine rings is 1. The highest BCUT2D eigenvalue weighted by Crippen LogP contribution is 2.28. The Kier molecular flexibility index (Phi) is 9.59. The van der Waals surface area contributed by atoms with Crippen LogP contribution >= 0.6 is 0 Å². The van der Waals surface area contributed by atoms with E-state index in [0.29, 0.717) is 29.0 Å². The van der Waals surface area contributed by atoms with Gasteiger partial charge >= 0.3 is 6.03 Å². The molecule has 0 radical (unpaired) electrons. The molecule has 9 heteroatoms. The number of halogens is 1. The van der Waals surface area contributed by atoms with Crippen LogP contribution in [0.15, 0.2) is 63.9 Å². The van der Waals surface area contributed by atoms with Crippen LogP contribution in [0.3, 0.4) is 0 Å². The van der Waals surface area contributed by atoms with E-state index < -0.39 is 0 Å². The maximum atomic E-state index is 13.3. The Morgan fingerprint density at radius 1 is 1.11 bits per heavy atom. The van der Waals surface area contributed by atoms with Gasteiger partial charge in [-0.3, -0.25) is 0 Å². The molecule has 0 spiro atoms. The number of rotatable bonds is 7. The predicted molar refractivity (Wildman–Crippen MR) is 145 cm³/mol. The molecule has 2 aromatic rings. The molecule has 4 N–H and O–H groups in total. The quantitative estimate of drug-likeness (QED) is 0.144. The summed E-state index contributed by atoms with van der Waals surface area (Å²) in [7, 11) is 0. The summed E-state index contributed by atoms with van der Waals surface area (Å²) < 4.78 is 13.3. The van der Waals surface area contributed by atoms with E-state index in [4.69, 9.17) is 5.84 Å². The van der Waals surface area contributed by atoms with E-state index >= 15 is 0 Å². The Hall–Kier alpha value is -3.33. The number of hydrogen-bond donors (Lipinski definition) is 3. The number of nitrogens with two attached hydrogens (primary N) is 1. The Balaban J connectivity index is 1.31. The molecule has 8 nitrogen and oxygen atoms in total. The monoisotopic (exact) mass is 507 g/mol. The van der Waals surface area contributed by atoms with Crippen molar-refractivity contribution >= 4 is 23.2 Å². The lowest BCUT2D eigenvalue weighted by atomic mass is 9.83. The molecule has 0 unspecified atom stereocenters. The van der Waals surface area contributed by atoms with Gasteiger partial charge in [-0.1, -0.05) is 36.3 Å². The van der Waals surface area contributed by atoms with Crippen molar-refractivity contribution in [2.24, 2.45) is 33.0 Å². The standard InChI is InChI=1S/C28H38FN7O/c1-20(34-35-30)31-25-8-4-9-26(17-25)32-28(37)33-27-10-3-2-7-23(27)19-36-15-5-6-22(18-36)16-21-11-13-24(29)14-12-21/h4,8-9,11-14,17,22-23,27H,2-3,5-7,10,15-16,18-19H2,1H3,(H2,30,31,34)(H2,32,33,37)/t22-,23-,27+/m0/s1. The summed E-state index contributed by atoms with van der Waals surface area (Å²) in [4.78, 5) is 19.8. The van der Waals surface area contributed by atoms with Crippen LogP contribution in [0, 0.1) is 17.7 Å². The molecule has 3 atom stereocenters. The highest BCUT2D eigenvalue weighted by molar-refractivity contribution is 5.90. The predicted octanol–water partition coefficient (Wildman–Crippen LogP) is 5.84. The van der Waals surface area contributed by atoms with Crippen molar-refractivity contribution in [1.29, 1.82) is 0 Å². The number of hydrogen-bond acceptors (Lipinski definition) is 4. The van der Waals surface area contributed by atoms with Gasteiger partial charge < -0.3 is 21.4 Å². The Morgan fingerprint density at radius 3 is 2.73 bits per heavy atom. The van der Waals surface area contributed by atoms with E-state index in [-0.39, 0.29) is 17.9 Å². The van der Waals surface area contributed by atoms with Gasteiger partial charge in [0.1, 0.15) is 11.7 Å². The molecule has 37 heavy (non-hydrogen) atoms. The van der Waals surface area contributed by atoms with Gasteiger partial charge in [0, 0.05) is 24.8 Å². The molecule has 1 aliphatic carbocycles. The second-order valence-corrected chi connectivity index (χ2v) is 10.3. The van der Waals surface area contributed by atoms with Crippen molar-refractivity contribution in [1.82, 2.24) is 10.2 Å². The van der Waals surface area contributed by atoms with Gasteiger partial charge in [-0.05, 0) is 93.3 Å². The SMILES string of the molecule is CC(N=NN)=Nc1cccc(NC(=O)N[C@@H]2CCCC[C@H]2CN2CCC[C@@H](Cc3ccc(F)cc3)C2)c1. The van der Waals surface area contributed by atoms with Crippen LogP contribution in [-0.4, -0.2) is 42.4 Å². The summed E-state index contributed by atoms with van der Waals surface area (Å²) >= 11 is 0. The molecule has 1 heterocycles. The average molecular weight is 508 g/mol. The van der Waals surface area contributed by atoms with Gasteiger partial charge in [0.25, 0.3) is 0 Å². The molecule has 2 amide bonds. The van der Waals surface area contributed by atoms with Crippen LogP contribution in [0.1, 0.15) is 51.0 Å². The lowest BCUT2D eigenvalue weighted by Crippen LogP contribution is -2.49. The highest BCUT2D eigenvalue weighted by atomic mass is 19.1. The summed E-state index contributed by atoms with van der Waals surface area (Å²) in [6.07, 6.45) is 7.85. The average Bonchev–Trinajstić information content (AvgIpc) is 2.87. The molecule has 1 saturated carbocycles. The van der Waals surface area contributed by atoms with Crippen molar-refractivity contribution in [2.75, 3.05) is 25.0 Å². The minimum Gasteiger partial charge on any atom is -0.335 e. The number of nitrogens with zero attached hydrogens (tertiary/aromatic N) is 4. The van der Waals surface area contributed by atoms with Crippen LogP contribution < -0.4 is 16.5 Å². The fourth-order valence-corrected chi connectivity index (χ4v) is 5.67. The third kappa shape index (κ3) is 8.35. The maximum Gasteiger partial charge on any atom is 0.319 e. The summed E-state index contributed by atoms with van der Waals surface area (Å²) in [5, 5.41) is 13.2. The molecule has 2 aliphatic rings. The van der Waals surface area contributed by atoms with Crippen LogP contribution in [0.5, 0.6) is 0 Å². The first-order chi connectivity index (χ1) is 18.0. The molecule has 4 rings (SSSR count). The Bertz CT molecular complexity index is 1090. The lowest BCUT2D eigenvalue weighted by Gasteiger charge is -2.39. The van der Waals surface area contributed by atoms with E-state index in [1.807, 2.05) is 30.3 Å². The number of benzene rings is 2. The second kappa shape index (κ2) is 13.3.